The van der Waals surface area contributed by atoms with Crippen molar-refractivity contribution in [3.05, 3.63) is 23.4 Å². The number of hydrogen-bond donors (Lipinski definition) is 2. The van der Waals surface area contributed by atoms with Gasteiger partial charge in [-0.2, -0.15) is 0 Å². The van der Waals surface area contributed by atoms with E-state index in [4.69, 9.17) is 0 Å². The van der Waals surface area contributed by atoms with Gasteiger partial charge in [0.15, 0.2) is 0 Å². The number of aromatic nitrogens is 1. The number of aryl methyl sites for hydroxylation is 1. The van der Waals surface area contributed by atoms with Crippen LogP contribution in [0.4, 0.5) is 5.82 Å². The first-order chi connectivity index (χ1) is 9.47. The van der Waals surface area contributed by atoms with Gasteiger partial charge in [0.2, 0.25) is 0 Å². The quantitative estimate of drug-likeness (QED) is 0.803. The van der Waals surface area contributed by atoms with Gasteiger partial charge in [-0.1, -0.05) is 20.8 Å². The molecule has 0 saturated heterocycles. The van der Waals surface area contributed by atoms with Gasteiger partial charge >= 0.3 is 0 Å². The van der Waals surface area contributed by atoms with Crippen LogP contribution in [0.5, 0.6) is 0 Å². The number of pyridine rings is 1. The highest BCUT2D eigenvalue weighted by atomic mass is 16.1. The molecule has 0 radical (unpaired) electrons. The Morgan fingerprint density at radius 1 is 1.20 bits per heavy atom. The minimum absolute atomic E-state index is 0.0209. The molecule has 0 aliphatic heterocycles. The predicted molar refractivity (Wildman–Crippen MR) is 84.2 cm³/mol. The highest BCUT2D eigenvalue weighted by Gasteiger charge is 2.23. The van der Waals surface area contributed by atoms with Crippen LogP contribution in [0.1, 0.15) is 63.5 Å². The first kappa shape index (κ1) is 16.5. The summed E-state index contributed by atoms with van der Waals surface area (Å²) in [5.41, 5.74) is 1.47. The van der Waals surface area contributed by atoms with Crippen LogP contribution in [-0.4, -0.2) is 23.0 Å². The zero-order valence-electron chi connectivity index (χ0n) is 13.3. The van der Waals surface area contributed by atoms with Crippen molar-refractivity contribution in [3.63, 3.8) is 0 Å². The topological polar surface area (TPSA) is 54.0 Å². The maximum atomic E-state index is 12.4. The van der Waals surface area contributed by atoms with Crippen molar-refractivity contribution in [3.8, 4) is 0 Å². The zero-order valence-corrected chi connectivity index (χ0v) is 13.3. The minimum Gasteiger partial charge on any atom is -0.370 e. The lowest BCUT2D eigenvalue weighted by Crippen LogP contribution is -2.45. The normalized spacial score (nSPS) is 11.2. The van der Waals surface area contributed by atoms with Crippen LogP contribution >= 0.6 is 0 Å². The van der Waals surface area contributed by atoms with Gasteiger partial charge < -0.3 is 10.6 Å². The summed E-state index contributed by atoms with van der Waals surface area (Å²) in [5.74, 6) is 0.749. The van der Waals surface area contributed by atoms with Crippen molar-refractivity contribution < 1.29 is 4.79 Å². The lowest BCUT2D eigenvalue weighted by atomic mass is 9.95. The Bertz CT molecular complexity index is 453. The van der Waals surface area contributed by atoms with Crippen LogP contribution in [0.25, 0.3) is 0 Å². The van der Waals surface area contributed by atoms with E-state index >= 15 is 0 Å². The standard InChI is InChI=1S/C16H27N3O/c1-6-13-10-12(11-14(18-13)17-9-4)15(20)19-16(5,7-2)8-3/h10-11H,6-9H2,1-5H3,(H,17,18)(H,19,20). The number of carbonyl (C=O) groups excluding carboxylic acids is 1. The van der Waals surface area contributed by atoms with E-state index in [0.29, 0.717) is 5.56 Å². The molecule has 4 nitrogen and oxygen atoms in total. The lowest BCUT2D eigenvalue weighted by molar-refractivity contribution is 0.0901. The first-order valence-electron chi connectivity index (χ1n) is 7.55. The molecular formula is C16H27N3O. The van der Waals surface area contributed by atoms with Gasteiger partial charge in [0.1, 0.15) is 5.82 Å². The van der Waals surface area contributed by atoms with Gasteiger partial charge in [0.05, 0.1) is 0 Å². The number of anilines is 1. The Hall–Kier alpha value is -1.58. The predicted octanol–water partition coefficient (Wildman–Crippen LogP) is 3.38. The molecule has 1 heterocycles. The van der Waals surface area contributed by atoms with Crippen molar-refractivity contribution >= 4 is 11.7 Å². The molecule has 1 aromatic rings. The van der Waals surface area contributed by atoms with Crippen LogP contribution in [0.2, 0.25) is 0 Å². The molecule has 0 unspecified atom stereocenters. The number of rotatable bonds is 7. The molecule has 0 atom stereocenters. The largest absolute Gasteiger partial charge is 0.370 e. The maximum absolute atomic E-state index is 12.4. The number of carbonyl (C=O) groups is 1. The molecule has 0 spiro atoms. The van der Waals surface area contributed by atoms with E-state index in [-0.39, 0.29) is 11.4 Å². The molecule has 0 fully saturated rings. The Labute approximate surface area is 122 Å². The molecule has 0 bridgehead atoms. The fourth-order valence-corrected chi connectivity index (χ4v) is 1.94. The van der Waals surface area contributed by atoms with Crippen molar-refractivity contribution in [2.75, 3.05) is 11.9 Å². The van der Waals surface area contributed by atoms with Crippen LogP contribution in [0.15, 0.2) is 12.1 Å². The molecule has 0 aliphatic rings. The number of amides is 1. The average molecular weight is 277 g/mol. The van der Waals surface area contributed by atoms with Crippen molar-refractivity contribution in [1.82, 2.24) is 10.3 Å². The Morgan fingerprint density at radius 2 is 1.85 bits per heavy atom. The smallest absolute Gasteiger partial charge is 0.251 e. The second kappa shape index (κ2) is 7.27. The molecule has 0 aliphatic carbocycles. The minimum atomic E-state index is -0.148. The summed E-state index contributed by atoms with van der Waals surface area (Å²) >= 11 is 0. The SMILES string of the molecule is CCNc1cc(C(=O)NC(C)(CC)CC)cc(CC)n1. The molecule has 4 heteroatoms. The summed E-state index contributed by atoms with van der Waals surface area (Å²) in [6, 6.07) is 3.70. The number of hydrogen-bond acceptors (Lipinski definition) is 3. The molecule has 1 rings (SSSR count). The van der Waals surface area contributed by atoms with Gasteiger partial charge in [0.25, 0.3) is 5.91 Å². The van der Waals surface area contributed by atoms with Gasteiger partial charge in [-0.05, 0) is 45.2 Å². The second-order valence-corrected chi connectivity index (χ2v) is 5.34. The van der Waals surface area contributed by atoms with E-state index in [1.807, 2.05) is 26.0 Å². The Kier molecular flexibility index (Phi) is 5.99. The first-order valence-corrected chi connectivity index (χ1v) is 7.55. The lowest BCUT2D eigenvalue weighted by Gasteiger charge is -2.28. The summed E-state index contributed by atoms with van der Waals surface area (Å²) in [5, 5.41) is 6.31. The highest BCUT2D eigenvalue weighted by Crippen LogP contribution is 2.17. The fourth-order valence-electron chi connectivity index (χ4n) is 1.94. The third-order valence-electron chi connectivity index (χ3n) is 3.84. The van der Waals surface area contributed by atoms with E-state index in [1.54, 1.807) is 0 Å². The summed E-state index contributed by atoms with van der Waals surface area (Å²) in [6.45, 7) is 11.1. The Morgan fingerprint density at radius 3 is 2.35 bits per heavy atom. The van der Waals surface area contributed by atoms with Gasteiger partial charge in [-0.15, -0.1) is 0 Å². The van der Waals surface area contributed by atoms with Crippen LogP contribution < -0.4 is 10.6 Å². The highest BCUT2D eigenvalue weighted by molar-refractivity contribution is 5.95. The van der Waals surface area contributed by atoms with Crippen LogP contribution in [0, 0.1) is 0 Å². The van der Waals surface area contributed by atoms with E-state index < -0.39 is 0 Å². The average Bonchev–Trinajstić information content (AvgIpc) is 2.47. The van der Waals surface area contributed by atoms with Crippen molar-refractivity contribution in [2.24, 2.45) is 0 Å². The van der Waals surface area contributed by atoms with Crippen LogP contribution in [-0.2, 0) is 6.42 Å². The van der Waals surface area contributed by atoms with Gasteiger partial charge in [-0.25, -0.2) is 4.98 Å². The van der Waals surface area contributed by atoms with Gasteiger partial charge in [-0.3, -0.25) is 4.79 Å². The number of nitrogens with one attached hydrogen (secondary N) is 2. The number of nitrogens with zero attached hydrogens (tertiary/aromatic N) is 1. The van der Waals surface area contributed by atoms with E-state index in [0.717, 1.165) is 37.3 Å². The van der Waals surface area contributed by atoms with Crippen LogP contribution in [0.3, 0.4) is 0 Å². The molecule has 0 saturated carbocycles. The molecule has 2 N–H and O–H groups in total. The summed E-state index contributed by atoms with van der Waals surface area (Å²) in [6.07, 6.45) is 2.65. The van der Waals surface area contributed by atoms with Crippen molar-refractivity contribution in [1.29, 1.82) is 0 Å². The van der Waals surface area contributed by atoms with E-state index in [9.17, 15) is 4.79 Å². The second-order valence-electron chi connectivity index (χ2n) is 5.34. The van der Waals surface area contributed by atoms with E-state index in [2.05, 4.69) is 36.4 Å². The zero-order chi connectivity index (χ0) is 15.2. The molecule has 20 heavy (non-hydrogen) atoms. The molecule has 1 amide bonds. The molecule has 112 valence electrons. The maximum Gasteiger partial charge on any atom is 0.251 e. The fraction of sp³-hybridized carbons (Fsp3) is 0.625. The molecular weight excluding hydrogens is 250 g/mol. The van der Waals surface area contributed by atoms with E-state index in [1.165, 1.54) is 0 Å². The Balaban J connectivity index is 2.99. The monoisotopic (exact) mass is 277 g/mol. The summed E-state index contributed by atoms with van der Waals surface area (Å²) in [7, 11) is 0. The molecule has 1 aromatic heterocycles. The molecule has 0 aromatic carbocycles. The third kappa shape index (κ3) is 4.22. The van der Waals surface area contributed by atoms with Gasteiger partial charge in [0, 0.05) is 23.3 Å². The van der Waals surface area contributed by atoms with Crippen molar-refractivity contribution in [2.45, 2.75) is 59.4 Å². The summed E-state index contributed by atoms with van der Waals surface area (Å²) < 4.78 is 0. The third-order valence-corrected chi connectivity index (χ3v) is 3.84. The summed E-state index contributed by atoms with van der Waals surface area (Å²) in [4.78, 5) is 16.9.